The van der Waals surface area contributed by atoms with E-state index in [-0.39, 0.29) is 11.3 Å². The molecule has 1 aromatic heterocycles. The van der Waals surface area contributed by atoms with E-state index < -0.39 is 0 Å². The van der Waals surface area contributed by atoms with Gasteiger partial charge in [-0.05, 0) is 61.1 Å². The second-order valence-corrected chi connectivity index (χ2v) is 9.63. The fraction of sp³-hybridized carbons (Fsp3) is 0.591. The molecule has 1 amide bonds. The fourth-order valence-corrected chi connectivity index (χ4v) is 5.77. The lowest BCUT2D eigenvalue weighted by Gasteiger charge is -2.39. The first-order chi connectivity index (χ1) is 11.7. The molecule has 2 bridgehead atoms. The van der Waals surface area contributed by atoms with Gasteiger partial charge < -0.3 is 9.32 Å². The van der Waals surface area contributed by atoms with Crippen molar-refractivity contribution in [3.8, 4) is 0 Å². The molecule has 2 fully saturated rings. The molecular formula is C22H29NO2. The number of furan rings is 1. The van der Waals surface area contributed by atoms with E-state index in [1.165, 1.54) is 17.5 Å². The number of nitrogens with zero attached hydrogens (tertiary/aromatic N) is 1. The Balaban J connectivity index is 1.59. The third kappa shape index (κ3) is 2.88. The first-order valence-electron chi connectivity index (χ1n) is 9.43. The van der Waals surface area contributed by atoms with Gasteiger partial charge in [0.05, 0.1) is 12.7 Å². The maximum Gasteiger partial charge on any atom is 0.227 e. The minimum Gasteiger partial charge on any atom is -0.464 e. The van der Waals surface area contributed by atoms with Crippen molar-refractivity contribution in [2.75, 3.05) is 6.54 Å². The topological polar surface area (TPSA) is 33.5 Å². The third-order valence-corrected chi connectivity index (χ3v) is 6.17. The van der Waals surface area contributed by atoms with E-state index in [1.54, 1.807) is 6.26 Å². The highest BCUT2D eigenvalue weighted by molar-refractivity contribution is 5.90. The summed E-state index contributed by atoms with van der Waals surface area (Å²) in [5.41, 5.74) is 4.94. The molecule has 1 saturated carbocycles. The Kier molecular flexibility index (Phi) is 3.58. The molecule has 3 nitrogen and oxygen atoms in total. The standard InChI is InChI=1S/C22H29NO2/c1-14-6-15(2)20-16(11-25-18(20)7-14)8-19(24)23-13-22(5)10-17(23)9-21(3,4)12-22/h6-7,11,17H,8-10,12-13H2,1-5H3. The van der Waals surface area contributed by atoms with Crippen LogP contribution in [0.25, 0.3) is 11.0 Å². The zero-order valence-electron chi connectivity index (χ0n) is 16.1. The van der Waals surface area contributed by atoms with Crippen molar-refractivity contribution in [1.29, 1.82) is 0 Å². The van der Waals surface area contributed by atoms with Gasteiger partial charge in [-0.25, -0.2) is 0 Å². The molecule has 4 rings (SSSR count). The molecule has 2 unspecified atom stereocenters. The van der Waals surface area contributed by atoms with Gasteiger partial charge in [-0.2, -0.15) is 0 Å². The Morgan fingerprint density at radius 2 is 2.00 bits per heavy atom. The Bertz CT molecular complexity index is 847. The first kappa shape index (κ1) is 16.7. The van der Waals surface area contributed by atoms with E-state index in [1.807, 2.05) is 0 Å². The van der Waals surface area contributed by atoms with E-state index >= 15 is 0 Å². The fourth-order valence-electron chi connectivity index (χ4n) is 5.77. The first-order valence-corrected chi connectivity index (χ1v) is 9.43. The van der Waals surface area contributed by atoms with Gasteiger partial charge in [0.15, 0.2) is 0 Å². The van der Waals surface area contributed by atoms with Gasteiger partial charge in [-0.3, -0.25) is 4.79 Å². The quantitative estimate of drug-likeness (QED) is 0.770. The molecule has 25 heavy (non-hydrogen) atoms. The summed E-state index contributed by atoms with van der Waals surface area (Å²) in [6.45, 7) is 12.1. The van der Waals surface area contributed by atoms with Crippen LogP contribution in [0.5, 0.6) is 0 Å². The van der Waals surface area contributed by atoms with Crippen LogP contribution >= 0.6 is 0 Å². The van der Waals surface area contributed by atoms with Gasteiger partial charge in [-0.1, -0.05) is 26.8 Å². The largest absolute Gasteiger partial charge is 0.464 e. The maximum absolute atomic E-state index is 13.1. The van der Waals surface area contributed by atoms with Gasteiger partial charge in [0.25, 0.3) is 0 Å². The van der Waals surface area contributed by atoms with Crippen LogP contribution < -0.4 is 0 Å². The summed E-state index contributed by atoms with van der Waals surface area (Å²) in [5.74, 6) is 0.258. The monoisotopic (exact) mass is 339 g/mol. The Labute approximate surface area is 150 Å². The van der Waals surface area contributed by atoms with Gasteiger partial charge in [0.2, 0.25) is 5.91 Å². The van der Waals surface area contributed by atoms with E-state index in [2.05, 4.69) is 51.7 Å². The van der Waals surface area contributed by atoms with Crippen LogP contribution in [-0.2, 0) is 11.2 Å². The average molecular weight is 339 g/mol. The molecule has 1 aromatic carbocycles. The van der Waals surface area contributed by atoms with Crippen molar-refractivity contribution in [3.05, 3.63) is 35.1 Å². The second-order valence-electron chi connectivity index (χ2n) is 9.63. The van der Waals surface area contributed by atoms with Crippen molar-refractivity contribution >= 4 is 16.9 Å². The highest BCUT2D eigenvalue weighted by Crippen LogP contribution is 2.52. The Morgan fingerprint density at radius 3 is 2.76 bits per heavy atom. The molecule has 1 aliphatic carbocycles. The zero-order valence-corrected chi connectivity index (χ0v) is 16.1. The number of fused-ring (bicyclic) bond motifs is 3. The Morgan fingerprint density at radius 1 is 1.24 bits per heavy atom. The number of rotatable bonds is 2. The number of benzene rings is 1. The minimum absolute atomic E-state index is 0.258. The smallest absolute Gasteiger partial charge is 0.227 e. The lowest BCUT2D eigenvalue weighted by molar-refractivity contribution is -0.131. The summed E-state index contributed by atoms with van der Waals surface area (Å²) >= 11 is 0. The molecule has 0 radical (unpaired) electrons. The molecule has 2 atom stereocenters. The second kappa shape index (κ2) is 5.36. The van der Waals surface area contributed by atoms with Crippen LogP contribution in [0.4, 0.5) is 0 Å². The van der Waals surface area contributed by atoms with E-state index in [0.29, 0.717) is 17.9 Å². The van der Waals surface area contributed by atoms with Crippen LogP contribution in [-0.4, -0.2) is 23.4 Å². The molecule has 1 aliphatic heterocycles. The number of hydrogen-bond acceptors (Lipinski definition) is 2. The van der Waals surface area contributed by atoms with Gasteiger partial charge in [0, 0.05) is 23.5 Å². The molecule has 2 aliphatic rings. The van der Waals surface area contributed by atoms with Crippen LogP contribution in [0.3, 0.4) is 0 Å². The lowest BCUT2D eigenvalue weighted by atomic mass is 9.65. The lowest BCUT2D eigenvalue weighted by Crippen LogP contribution is -2.38. The minimum atomic E-state index is 0.258. The SMILES string of the molecule is Cc1cc(C)c2c(CC(=O)N3CC4(C)CC3CC(C)(C)C4)coc2c1. The molecular weight excluding hydrogens is 310 g/mol. The van der Waals surface area contributed by atoms with E-state index in [0.717, 1.165) is 35.9 Å². The van der Waals surface area contributed by atoms with Crippen molar-refractivity contribution in [2.45, 2.75) is 66.3 Å². The van der Waals surface area contributed by atoms with Gasteiger partial charge in [0.1, 0.15) is 5.58 Å². The number of likely N-dealkylation sites (tertiary alicyclic amines) is 1. The molecule has 2 heterocycles. The predicted molar refractivity (Wildman–Crippen MR) is 101 cm³/mol. The summed E-state index contributed by atoms with van der Waals surface area (Å²) < 4.78 is 5.74. The molecule has 2 aromatic rings. The van der Waals surface area contributed by atoms with E-state index in [9.17, 15) is 4.79 Å². The zero-order chi connectivity index (χ0) is 18.0. The van der Waals surface area contributed by atoms with Crippen LogP contribution in [0.1, 0.15) is 56.7 Å². The number of carbonyl (C=O) groups excluding carboxylic acids is 1. The van der Waals surface area contributed by atoms with Crippen LogP contribution in [0, 0.1) is 24.7 Å². The Hall–Kier alpha value is -1.77. The highest BCUT2D eigenvalue weighted by Gasteiger charge is 2.50. The molecule has 0 N–H and O–H groups in total. The normalized spacial score (nSPS) is 27.9. The van der Waals surface area contributed by atoms with Crippen molar-refractivity contribution < 1.29 is 9.21 Å². The summed E-state index contributed by atoms with van der Waals surface area (Å²) in [7, 11) is 0. The molecule has 134 valence electrons. The number of hydrogen-bond donors (Lipinski definition) is 0. The van der Waals surface area contributed by atoms with Gasteiger partial charge >= 0.3 is 0 Å². The van der Waals surface area contributed by atoms with Gasteiger partial charge in [-0.15, -0.1) is 0 Å². The molecule has 1 saturated heterocycles. The summed E-state index contributed by atoms with van der Waals surface area (Å²) in [6, 6.07) is 4.63. The average Bonchev–Trinajstić information content (AvgIpc) is 2.96. The highest BCUT2D eigenvalue weighted by atomic mass is 16.3. The summed E-state index contributed by atoms with van der Waals surface area (Å²) in [5, 5.41) is 1.12. The van der Waals surface area contributed by atoms with Crippen molar-refractivity contribution in [1.82, 2.24) is 4.90 Å². The van der Waals surface area contributed by atoms with Crippen LogP contribution in [0.2, 0.25) is 0 Å². The van der Waals surface area contributed by atoms with Crippen LogP contribution in [0.15, 0.2) is 22.8 Å². The maximum atomic E-state index is 13.1. The van der Waals surface area contributed by atoms with Crippen molar-refractivity contribution in [3.63, 3.8) is 0 Å². The molecule has 3 heteroatoms. The third-order valence-electron chi connectivity index (χ3n) is 6.17. The number of carbonyl (C=O) groups is 1. The number of aryl methyl sites for hydroxylation is 2. The predicted octanol–water partition coefficient (Wildman–Crippen LogP) is 5.02. The molecule has 0 spiro atoms. The van der Waals surface area contributed by atoms with E-state index in [4.69, 9.17) is 4.42 Å². The summed E-state index contributed by atoms with van der Waals surface area (Å²) in [6.07, 6.45) is 5.73. The van der Waals surface area contributed by atoms with Crippen molar-refractivity contribution in [2.24, 2.45) is 10.8 Å². The number of amides is 1. The summed E-state index contributed by atoms with van der Waals surface area (Å²) in [4.78, 5) is 15.3.